The molecule has 0 aliphatic rings. The Labute approximate surface area is 164 Å². The summed E-state index contributed by atoms with van der Waals surface area (Å²) in [5, 5.41) is 3.68. The van der Waals surface area contributed by atoms with E-state index >= 15 is 0 Å². The molecule has 4 nitrogen and oxygen atoms in total. The van der Waals surface area contributed by atoms with Crippen LogP contribution in [0.25, 0.3) is 0 Å². The average Bonchev–Trinajstić information content (AvgIpc) is 2.72. The molecule has 27 heavy (non-hydrogen) atoms. The SMILES string of the molecule is COc1ccccc1CNC(=O)C(Cc1cccnc1)c1ccc(Cl)cc1. The highest BCUT2D eigenvalue weighted by Gasteiger charge is 2.21. The molecule has 0 aliphatic heterocycles. The van der Waals surface area contributed by atoms with Crippen molar-refractivity contribution in [2.24, 2.45) is 0 Å². The lowest BCUT2D eigenvalue weighted by molar-refractivity contribution is -0.122. The first-order chi connectivity index (χ1) is 13.2. The van der Waals surface area contributed by atoms with Gasteiger partial charge in [0.2, 0.25) is 5.91 Å². The molecule has 1 atom stereocenters. The zero-order chi connectivity index (χ0) is 19.1. The monoisotopic (exact) mass is 380 g/mol. The number of benzene rings is 2. The van der Waals surface area contributed by atoms with Crippen LogP contribution in [-0.4, -0.2) is 18.0 Å². The molecule has 0 radical (unpaired) electrons. The number of amides is 1. The quantitative estimate of drug-likeness (QED) is 0.661. The maximum Gasteiger partial charge on any atom is 0.228 e. The van der Waals surface area contributed by atoms with Crippen LogP contribution >= 0.6 is 11.6 Å². The summed E-state index contributed by atoms with van der Waals surface area (Å²) in [5.41, 5.74) is 2.86. The first-order valence-corrected chi connectivity index (χ1v) is 9.09. The molecule has 0 saturated heterocycles. The zero-order valence-corrected chi connectivity index (χ0v) is 15.8. The minimum Gasteiger partial charge on any atom is -0.496 e. The average molecular weight is 381 g/mol. The zero-order valence-electron chi connectivity index (χ0n) is 15.1. The van der Waals surface area contributed by atoms with E-state index < -0.39 is 0 Å². The van der Waals surface area contributed by atoms with Crippen LogP contribution in [0.2, 0.25) is 5.02 Å². The standard InChI is InChI=1S/C22H21ClN2O2/c1-27-21-7-3-2-6-18(21)15-25-22(26)20(13-16-5-4-12-24-14-16)17-8-10-19(23)11-9-17/h2-12,14,20H,13,15H2,1H3,(H,25,26). The van der Waals surface area contributed by atoms with Crippen molar-refractivity contribution in [3.63, 3.8) is 0 Å². The van der Waals surface area contributed by atoms with Crippen molar-refractivity contribution in [3.8, 4) is 5.75 Å². The normalized spacial score (nSPS) is 11.6. The number of pyridine rings is 1. The third-order valence-corrected chi connectivity index (χ3v) is 4.65. The fourth-order valence-corrected chi connectivity index (χ4v) is 3.09. The maximum absolute atomic E-state index is 13.0. The predicted octanol–water partition coefficient (Wildman–Crippen LogP) is 4.39. The summed E-state index contributed by atoms with van der Waals surface area (Å²) in [6, 6.07) is 18.9. The summed E-state index contributed by atoms with van der Waals surface area (Å²) in [5.74, 6) is 0.376. The Balaban J connectivity index is 1.78. The van der Waals surface area contributed by atoms with Crippen LogP contribution in [0.3, 0.4) is 0 Å². The molecule has 1 amide bonds. The molecule has 1 aromatic heterocycles. The molecule has 5 heteroatoms. The van der Waals surface area contributed by atoms with Crippen molar-refractivity contribution in [1.82, 2.24) is 10.3 Å². The van der Waals surface area contributed by atoms with Gasteiger partial charge in [0.1, 0.15) is 5.75 Å². The molecule has 1 unspecified atom stereocenters. The van der Waals surface area contributed by atoms with Gasteiger partial charge in [0.25, 0.3) is 0 Å². The number of aromatic nitrogens is 1. The number of carbonyl (C=O) groups is 1. The fraction of sp³-hybridized carbons (Fsp3) is 0.182. The molecule has 0 saturated carbocycles. The molecule has 2 aromatic carbocycles. The van der Waals surface area contributed by atoms with E-state index in [1.54, 1.807) is 31.6 Å². The van der Waals surface area contributed by atoms with Gasteiger partial charge in [-0.05, 0) is 41.8 Å². The number of nitrogens with one attached hydrogen (secondary N) is 1. The van der Waals surface area contributed by atoms with Gasteiger partial charge in [-0.15, -0.1) is 0 Å². The molecular formula is C22H21ClN2O2. The van der Waals surface area contributed by atoms with Gasteiger partial charge >= 0.3 is 0 Å². The van der Waals surface area contributed by atoms with Crippen molar-refractivity contribution >= 4 is 17.5 Å². The van der Waals surface area contributed by atoms with Crippen LogP contribution < -0.4 is 10.1 Å². The molecule has 3 rings (SSSR count). The van der Waals surface area contributed by atoms with Gasteiger partial charge in [-0.3, -0.25) is 9.78 Å². The van der Waals surface area contributed by atoms with E-state index in [0.717, 1.165) is 22.4 Å². The molecule has 1 heterocycles. The highest BCUT2D eigenvalue weighted by Crippen LogP contribution is 2.24. The van der Waals surface area contributed by atoms with E-state index in [1.165, 1.54) is 0 Å². The highest BCUT2D eigenvalue weighted by molar-refractivity contribution is 6.30. The number of carbonyl (C=O) groups excluding carboxylic acids is 1. The lowest BCUT2D eigenvalue weighted by Gasteiger charge is -2.18. The second-order valence-electron chi connectivity index (χ2n) is 6.20. The summed E-state index contributed by atoms with van der Waals surface area (Å²) >= 11 is 6.01. The second kappa shape index (κ2) is 9.19. The number of methoxy groups -OCH3 is 1. The van der Waals surface area contributed by atoms with Crippen LogP contribution in [0.1, 0.15) is 22.6 Å². The summed E-state index contributed by atoms with van der Waals surface area (Å²) < 4.78 is 5.36. The smallest absolute Gasteiger partial charge is 0.228 e. The van der Waals surface area contributed by atoms with Crippen LogP contribution in [0.4, 0.5) is 0 Å². The first-order valence-electron chi connectivity index (χ1n) is 8.71. The Kier molecular flexibility index (Phi) is 6.44. The van der Waals surface area contributed by atoms with Gasteiger partial charge in [0.05, 0.1) is 13.0 Å². The van der Waals surface area contributed by atoms with Gasteiger partial charge in [-0.25, -0.2) is 0 Å². The van der Waals surface area contributed by atoms with Crippen molar-refractivity contribution in [3.05, 3.63) is 94.8 Å². The van der Waals surface area contributed by atoms with E-state index in [0.29, 0.717) is 18.0 Å². The van der Waals surface area contributed by atoms with Crippen LogP contribution in [0, 0.1) is 0 Å². The van der Waals surface area contributed by atoms with Crippen molar-refractivity contribution in [2.75, 3.05) is 7.11 Å². The van der Waals surface area contributed by atoms with E-state index in [1.807, 2.05) is 48.5 Å². The molecule has 0 spiro atoms. The van der Waals surface area contributed by atoms with E-state index in [2.05, 4.69) is 10.3 Å². The van der Waals surface area contributed by atoms with E-state index in [-0.39, 0.29) is 11.8 Å². The number of halogens is 1. The second-order valence-corrected chi connectivity index (χ2v) is 6.64. The lowest BCUT2D eigenvalue weighted by Crippen LogP contribution is -2.30. The molecule has 0 bridgehead atoms. The summed E-state index contributed by atoms with van der Waals surface area (Å²) in [7, 11) is 1.62. The molecular weight excluding hydrogens is 360 g/mol. The van der Waals surface area contributed by atoms with Crippen molar-refractivity contribution in [2.45, 2.75) is 18.9 Å². The van der Waals surface area contributed by atoms with Gasteiger partial charge in [0.15, 0.2) is 0 Å². The fourth-order valence-electron chi connectivity index (χ4n) is 2.97. The molecule has 3 aromatic rings. The highest BCUT2D eigenvalue weighted by atomic mass is 35.5. The van der Waals surface area contributed by atoms with Crippen molar-refractivity contribution in [1.29, 1.82) is 0 Å². The largest absolute Gasteiger partial charge is 0.496 e. The van der Waals surface area contributed by atoms with Crippen LogP contribution in [0.15, 0.2) is 73.1 Å². The molecule has 1 N–H and O–H groups in total. The van der Waals surface area contributed by atoms with E-state index in [9.17, 15) is 4.79 Å². The van der Waals surface area contributed by atoms with E-state index in [4.69, 9.17) is 16.3 Å². The Morgan fingerprint density at radius 1 is 1.11 bits per heavy atom. The third kappa shape index (κ3) is 5.08. The number of hydrogen-bond acceptors (Lipinski definition) is 3. The Hall–Kier alpha value is -2.85. The Morgan fingerprint density at radius 2 is 1.89 bits per heavy atom. The van der Waals surface area contributed by atoms with Gasteiger partial charge in [-0.1, -0.05) is 48.0 Å². The number of nitrogens with zero attached hydrogens (tertiary/aromatic N) is 1. The third-order valence-electron chi connectivity index (χ3n) is 4.40. The lowest BCUT2D eigenvalue weighted by atomic mass is 9.91. The Bertz CT molecular complexity index is 882. The van der Waals surface area contributed by atoms with Gasteiger partial charge < -0.3 is 10.1 Å². The molecule has 0 aliphatic carbocycles. The predicted molar refractivity (Wildman–Crippen MR) is 107 cm³/mol. The summed E-state index contributed by atoms with van der Waals surface area (Å²) in [6.45, 7) is 0.403. The Morgan fingerprint density at radius 3 is 2.59 bits per heavy atom. The van der Waals surface area contributed by atoms with Crippen molar-refractivity contribution < 1.29 is 9.53 Å². The number of rotatable bonds is 7. The first kappa shape index (κ1) is 18.9. The van der Waals surface area contributed by atoms with Gasteiger partial charge in [0, 0.05) is 29.5 Å². The number of ether oxygens (including phenoxy) is 1. The van der Waals surface area contributed by atoms with Gasteiger partial charge in [-0.2, -0.15) is 0 Å². The van der Waals surface area contributed by atoms with Crippen LogP contribution in [-0.2, 0) is 17.8 Å². The maximum atomic E-state index is 13.0. The minimum atomic E-state index is -0.332. The number of para-hydroxylation sites is 1. The minimum absolute atomic E-state index is 0.0490. The van der Waals surface area contributed by atoms with Crippen LogP contribution in [0.5, 0.6) is 5.75 Å². The summed E-state index contributed by atoms with van der Waals surface area (Å²) in [4.78, 5) is 17.2. The molecule has 0 fully saturated rings. The molecule has 138 valence electrons. The summed E-state index contributed by atoms with van der Waals surface area (Å²) in [6.07, 6.45) is 4.08. The topological polar surface area (TPSA) is 51.2 Å². The number of hydrogen-bond donors (Lipinski definition) is 1.